The molecule has 0 aliphatic rings. The highest BCUT2D eigenvalue weighted by atomic mass is 32.1. The van der Waals surface area contributed by atoms with Gasteiger partial charge in [0.25, 0.3) is 5.91 Å². The van der Waals surface area contributed by atoms with Gasteiger partial charge in [0.05, 0.1) is 12.3 Å². The van der Waals surface area contributed by atoms with E-state index in [1.165, 1.54) is 11.3 Å². The molecule has 2 aromatic heterocycles. The molecule has 2 heterocycles. The van der Waals surface area contributed by atoms with Crippen LogP contribution in [0.1, 0.15) is 36.9 Å². The van der Waals surface area contributed by atoms with Crippen molar-refractivity contribution in [3.63, 3.8) is 0 Å². The number of carbonyl (C=O) groups is 1. The molecule has 0 aliphatic heterocycles. The summed E-state index contributed by atoms with van der Waals surface area (Å²) in [6.45, 7) is 6.36. The number of amides is 1. The quantitative estimate of drug-likeness (QED) is 0.856. The lowest BCUT2D eigenvalue weighted by Gasteiger charge is -2.26. The number of carbonyl (C=O) groups excluding carboxylic acids is 1. The van der Waals surface area contributed by atoms with Gasteiger partial charge in [-0.1, -0.05) is 13.8 Å². The number of rotatable bonds is 6. The van der Waals surface area contributed by atoms with Crippen LogP contribution in [-0.2, 0) is 0 Å². The van der Waals surface area contributed by atoms with Crippen LogP contribution in [0.3, 0.4) is 0 Å². The predicted molar refractivity (Wildman–Crippen MR) is 87.8 cm³/mol. The summed E-state index contributed by atoms with van der Waals surface area (Å²) in [4.78, 5) is 17.1. The Hall–Kier alpha value is -1.24. The van der Waals surface area contributed by atoms with Gasteiger partial charge < -0.3 is 10.4 Å². The van der Waals surface area contributed by atoms with Gasteiger partial charge in [0.15, 0.2) is 0 Å². The van der Waals surface area contributed by atoms with Crippen LogP contribution in [0, 0.1) is 5.41 Å². The number of hydrogen-bond acceptors (Lipinski definition) is 5. The highest BCUT2D eigenvalue weighted by molar-refractivity contribution is 7.17. The van der Waals surface area contributed by atoms with E-state index in [2.05, 4.69) is 10.3 Å². The summed E-state index contributed by atoms with van der Waals surface area (Å²) in [6, 6.07) is 2.00. The summed E-state index contributed by atoms with van der Waals surface area (Å²) in [5.74, 6) is -0.104. The first-order valence-corrected chi connectivity index (χ1v) is 8.58. The van der Waals surface area contributed by atoms with Crippen molar-refractivity contribution in [2.75, 3.05) is 6.54 Å². The van der Waals surface area contributed by atoms with Gasteiger partial charge in [-0.3, -0.25) is 4.79 Å². The van der Waals surface area contributed by atoms with Crippen LogP contribution in [0.25, 0.3) is 10.6 Å². The van der Waals surface area contributed by atoms with Gasteiger partial charge in [-0.25, -0.2) is 4.98 Å². The normalized spacial score (nSPS) is 13.1. The van der Waals surface area contributed by atoms with Crippen LogP contribution in [0.2, 0.25) is 0 Å². The molecule has 1 amide bonds. The first-order chi connectivity index (χ1) is 9.87. The third kappa shape index (κ3) is 4.62. The van der Waals surface area contributed by atoms with Crippen molar-refractivity contribution in [1.29, 1.82) is 0 Å². The molecule has 0 aliphatic carbocycles. The Kier molecular flexibility index (Phi) is 5.13. The zero-order valence-corrected chi connectivity index (χ0v) is 14.1. The number of aliphatic hydroxyl groups is 1. The SMILES string of the molecule is CC(O)CC(C)(C)CNC(=O)c1cnc(-c2ccsc2)s1. The minimum atomic E-state index is -0.370. The number of aromatic nitrogens is 1. The van der Waals surface area contributed by atoms with E-state index in [1.54, 1.807) is 24.5 Å². The number of hydrogen-bond donors (Lipinski definition) is 2. The van der Waals surface area contributed by atoms with Crippen LogP contribution < -0.4 is 5.32 Å². The molecule has 6 heteroatoms. The fourth-order valence-corrected chi connectivity index (χ4v) is 3.72. The molecule has 1 atom stereocenters. The molecule has 114 valence electrons. The fourth-order valence-electron chi connectivity index (χ4n) is 2.18. The van der Waals surface area contributed by atoms with E-state index in [9.17, 15) is 9.90 Å². The van der Waals surface area contributed by atoms with Gasteiger partial charge in [-0.15, -0.1) is 11.3 Å². The summed E-state index contributed by atoms with van der Waals surface area (Å²) >= 11 is 3.01. The van der Waals surface area contributed by atoms with E-state index in [1.807, 2.05) is 30.7 Å². The molecule has 0 aromatic carbocycles. The maximum Gasteiger partial charge on any atom is 0.263 e. The second kappa shape index (κ2) is 6.68. The van der Waals surface area contributed by atoms with Gasteiger partial charge in [0.2, 0.25) is 0 Å². The first-order valence-electron chi connectivity index (χ1n) is 6.82. The molecule has 2 rings (SSSR count). The second-order valence-corrected chi connectivity index (χ2v) is 7.75. The zero-order chi connectivity index (χ0) is 15.5. The van der Waals surface area contributed by atoms with Crippen molar-refractivity contribution in [3.8, 4) is 10.6 Å². The molecular formula is C15H20N2O2S2. The van der Waals surface area contributed by atoms with Gasteiger partial charge in [-0.2, -0.15) is 11.3 Å². The molecule has 0 radical (unpaired) electrons. The molecule has 0 bridgehead atoms. The van der Waals surface area contributed by atoms with E-state index >= 15 is 0 Å². The molecule has 0 spiro atoms. The Labute approximate surface area is 132 Å². The van der Waals surface area contributed by atoms with Crippen molar-refractivity contribution in [3.05, 3.63) is 27.9 Å². The third-order valence-electron chi connectivity index (χ3n) is 3.07. The number of nitrogens with zero attached hydrogens (tertiary/aromatic N) is 1. The smallest absolute Gasteiger partial charge is 0.263 e. The monoisotopic (exact) mass is 324 g/mol. The standard InChI is InChI=1S/C15H20N2O2S2/c1-10(18)6-15(2,3)9-17-13(19)12-7-16-14(21-12)11-4-5-20-8-11/h4-5,7-8,10,18H,6,9H2,1-3H3,(H,17,19). The van der Waals surface area contributed by atoms with E-state index < -0.39 is 0 Å². The van der Waals surface area contributed by atoms with Crippen LogP contribution in [-0.4, -0.2) is 28.6 Å². The molecule has 1 unspecified atom stereocenters. The number of nitrogens with one attached hydrogen (secondary N) is 1. The highest BCUT2D eigenvalue weighted by Gasteiger charge is 2.22. The molecule has 0 saturated heterocycles. The maximum atomic E-state index is 12.2. The van der Waals surface area contributed by atoms with Crippen molar-refractivity contribution in [2.24, 2.45) is 5.41 Å². The summed E-state index contributed by atoms with van der Waals surface area (Å²) in [5.41, 5.74) is 0.920. The average molecular weight is 324 g/mol. The maximum absolute atomic E-state index is 12.2. The topological polar surface area (TPSA) is 62.2 Å². The number of thiophene rings is 1. The molecule has 4 nitrogen and oxygen atoms in total. The van der Waals surface area contributed by atoms with E-state index in [-0.39, 0.29) is 17.4 Å². The van der Waals surface area contributed by atoms with Crippen LogP contribution >= 0.6 is 22.7 Å². The van der Waals surface area contributed by atoms with E-state index in [0.717, 1.165) is 10.6 Å². The van der Waals surface area contributed by atoms with Crippen LogP contribution in [0.4, 0.5) is 0 Å². The van der Waals surface area contributed by atoms with Crippen molar-refractivity contribution < 1.29 is 9.90 Å². The van der Waals surface area contributed by atoms with Gasteiger partial charge >= 0.3 is 0 Å². The van der Waals surface area contributed by atoms with Crippen molar-refractivity contribution in [2.45, 2.75) is 33.3 Å². The lowest BCUT2D eigenvalue weighted by atomic mass is 9.87. The highest BCUT2D eigenvalue weighted by Crippen LogP contribution is 2.27. The van der Waals surface area contributed by atoms with Gasteiger partial charge in [0.1, 0.15) is 9.88 Å². The number of aliphatic hydroxyl groups excluding tert-OH is 1. The Morgan fingerprint density at radius 1 is 1.52 bits per heavy atom. The molecule has 2 aromatic rings. The second-order valence-electron chi connectivity index (χ2n) is 5.94. The van der Waals surface area contributed by atoms with Crippen molar-refractivity contribution >= 4 is 28.6 Å². The minimum Gasteiger partial charge on any atom is -0.393 e. The molecule has 2 N–H and O–H groups in total. The predicted octanol–water partition coefficient (Wildman–Crippen LogP) is 3.40. The minimum absolute atomic E-state index is 0.104. The molecule has 0 fully saturated rings. The zero-order valence-electron chi connectivity index (χ0n) is 12.4. The Morgan fingerprint density at radius 3 is 2.90 bits per heavy atom. The van der Waals surface area contributed by atoms with Gasteiger partial charge in [0, 0.05) is 17.5 Å². The van der Waals surface area contributed by atoms with E-state index in [0.29, 0.717) is 17.8 Å². The number of thiazole rings is 1. The summed E-state index contributed by atoms with van der Waals surface area (Å²) in [6.07, 6.45) is 1.90. The Bertz CT molecular complexity index is 589. The largest absolute Gasteiger partial charge is 0.393 e. The molecule has 0 saturated carbocycles. The van der Waals surface area contributed by atoms with E-state index in [4.69, 9.17) is 0 Å². The lowest BCUT2D eigenvalue weighted by Crippen LogP contribution is -2.35. The van der Waals surface area contributed by atoms with Crippen molar-refractivity contribution in [1.82, 2.24) is 10.3 Å². The molecule has 21 heavy (non-hydrogen) atoms. The fraction of sp³-hybridized carbons (Fsp3) is 0.467. The summed E-state index contributed by atoms with van der Waals surface area (Å²) in [5, 5.41) is 17.3. The lowest BCUT2D eigenvalue weighted by molar-refractivity contribution is 0.0905. The Morgan fingerprint density at radius 2 is 2.29 bits per heavy atom. The van der Waals surface area contributed by atoms with Crippen LogP contribution in [0.15, 0.2) is 23.0 Å². The first kappa shape index (κ1) is 16.1. The van der Waals surface area contributed by atoms with Crippen LogP contribution in [0.5, 0.6) is 0 Å². The molecular weight excluding hydrogens is 304 g/mol. The third-order valence-corrected chi connectivity index (χ3v) is 4.80. The van der Waals surface area contributed by atoms with Gasteiger partial charge in [-0.05, 0) is 30.2 Å². The summed E-state index contributed by atoms with van der Waals surface area (Å²) in [7, 11) is 0. The summed E-state index contributed by atoms with van der Waals surface area (Å²) < 4.78 is 0. The average Bonchev–Trinajstić information content (AvgIpc) is 3.04. The Balaban J connectivity index is 1.95.